The molecule has 0 N–H and O–H groups in total. The molecule has 20 heavy (non-hydrogen) atoms. The van der Waals surface area contributed by atoms with E-state index in [0.29, 0.717) is 0 Å². The summed E-state index contributed by atoms with van der Waals surface area (Å²) < 4.78 is 32.4. The average molecular weight is 297 g/mol. The second kappa shape index (κ2) is 6.01. The second-order valence-electron chi connectivity index (χ2n) is 4.12. The van der Waals surface area contributed by atoms with Gasteiger partial charge in [-0.05, 0) is 24.3 Å². The highest BCUT2D eigenvalue weighted by Gasteiger charge is 2.18. The molecule has 0 spiro atoms. The van der Waals surface area contributed by atoms with Crippen LogP contribution in [0.25, 0.3) is 0 Å². The van der Waals surface area contributed by atoms with Crippen LogP contribution >= 0.6 is 11.6 Å². The molecule has 2 aromatic rings. The van der Waals surface area contributed by atoms with Gasteiger partial charge in [-0.3, -0.25) is 4.79 Å². The standard InChI is InChI=1S/C15H11ClF2O2/c1-20-14-7-2-4-9(15(14)18)13(19)8-10-11(16)5-3-6-12(10)17/h2-7H,8H2,1H3. The van der Waals surface area contributed by atoms with Gasteiger partial charge in [0.2, 0.25) is 0 Å². The number of ether oxygens (including phenoxy) is 1. The van der Waals surface area contributed by atoms with Crippen LogP contribution in [0.1, 0.15) is 15.9 Å². The van der Waals surface area contributed by atoms with Crippen molar-refractivity contribution in [3.05, 3.63) is 64.2 Å². The fourth-order valence-corrected chi connectivity index (χ4v) is 2.07. The van der Waals surface area contributed by atoms with Crippen molar-refractivity contribution >= 4 is 17.4 Å². The highest BCUT2D eigenvalue weighted by Crippen LogP contribution is 2.24. The van der Waals surface area contributed by atoms with Crippen molar-refractivity contribution in [3.63, 3.8) is 0 Å². The Balaban J connectivity index is 2.34. The number of Topliss-reactive ketones (excluding diaryl/α,β-unsaturated/α-hetero) is 1. The molecule has 0 fully saturated rings. The summed E-state index contributed by atoms with van der Waals surface area (Å²) in [7, 11) is 1.31. The van der Waals surface area contributed by atoms with E-state index in [0.717, 1.165) is 0 Å². The lowest BCUT2D eigenvalue weighted by molar-refractivity contribution is 0.0987. The maximum atomic E-state index is 14.0. The molecule has 0 amide bonds. The van der Waals surface area contributed by atoms with E-state index in [1.165, 1.54) is 43.5 Å². The highest BCUT2D eigenvalue weighted by molar-refractivity contribution is 6.31. The molecule has 0 aromatic heterocycles. The lowest BCUT2D eigenvalue weighted by Crippen LogP contribution is -2.09. The lowest BCUT2D eigenvalue weighted by Gasteiger charge is -2.08. The molecule has 0 saturated carbocycles. The van der Waals surface area contributed by atoms with Crippen molar-refractivity contribution in [2.45, 2.75) is 6.42 Å². The summed E-state index contributed by atoms with van der Waals surface area (Å²) in [6.07, 6.45) is -0.310. The van der Waals surface area contributed by atoms with Gasteiger partial charge in [0.15, 0.2) is 17.3 Å². The van der Waals surface area contributed by atoms with E-state index in [1.54, 1.807) is 0 Å². The number of hydrogen-bond donors (Lipinski definition) is 0. The SMILES string of the molecule is COc1cccc(C(=O)Cc2c(F)cccc2Cl)c1F. The molecule has 0 radical (unpaired) electrons. The van der Waals surface area contributed by atoms with E-state index in [2.05, 4.69) is 0 Å². The Labute approximate surface area is 119 Å². The molecule has 0 heterocycles. The normalized spacial score (nSPS) is 10.4. The molecule has 2 nitrogen and oxygen atoms in total. The Kier molecular flexibility index (Phi) is 4.35. The Hall–Kier alpha value is -1.94. The molecule has 2 rings (SSSR count). The van der Waals surface area contributed by atoms with Crippen LogP contribution in [0.15, 0.2) is 36.4 Å². The summed E-state index contributed by atoms with van der Waals surface area (Å²) in [4.78, 5) is 12.1. The Morgan fingerprint density at radius 3 is 2.55 bits per heavy atom. The predicted octanol–water partition coefficient (Wildman–Crippen LogP) is 4.05. The minimum Gasteiger partial charge on any atom is -0.494 e. The summed E-state index contributed by atoms with van der Waals surface area (Å²) in [6, 6.07) is 8.36. The molecule has 2 aromatic carbocycles. The van der Waals surface area contributed by atoms with Gasteiger partial charge >= 0.3 is 0 Å². The first-order chi connectivity index (χ1) is 9.54. The van der Waals surface area contributed by atoms with E-state index >= 15 is 0 Å². The number of hydrogen-bond acceptors (Lipinski definition) is 2. The third-order valence-corrected chi connectivity index (χ3v) is 3.24. The fraction of sp³-hybridized carbons (Fsp3) is 0.133. The molecule has 0 aliphatic carbocycles. The number of halogens is 3. The van der Waals surface area contributed by atoms with Crippen molar-refractivity contribution in [2.75, 3.05) is 7.11 Å². The zero-order valence-corrected chi connectivity index (χ0v) is 11.4. The van der Waals surface area contributed by atoms with Crippen LogP contribution < -0.4 is 4.74 Å². The van der Waals surface area contributed by atoms with Crippen LogP contribution in [0.3, 0.4) is 0 Å². The highest BCUT2D eigenvalue weighted by atomic mass is 35.5. The smallest absolute Gasteiger partial charge is 0.175 e. The zero-order chi connectivity index (χ0) is 14.7. The average Bonchev–Trinajstić information content (AvgIpc) is 2.43. The number of carbonyl (C=O) groups excluding carboxylic acids is 1. The molecule has 0 bridgehead atoms. The van der Waals surface area contributed by atoms with Crippen LogP contribution in [-0.4, -0.2) is 12.9 Å². The molecule has 104 valence electrons. The molecule has 0 aliphatic rings. The molecule has 0 atom stereocenters. The second-order valence-corrected chi connectivity index (χ2v) is 4.53. The lowest BCUT2D eigenvalue weighted by atomic mass is 10.0. The maximum absolute atomic E-state index is 14.0. The van der Waals surface area contributed by atoms with Crippen LogP contribution in [0.4, 0.5) is 8.78 Å². The van der Waals surface area contributed by atoms with E-state index in [4.69, 9.17) is 16.3 Å². The van der Waals surface area contributed by atoms with Gasteiger partial charge in [0.25, 0.3) is 0 Å². The minimum absolute atomic E-state index is 0.0320. The molecule has 0 aliphatic heterocycles. The van der Waals surface area contributed by atoms with Crippen molar-refractivity contribution in [1.29, 1.82) is 0 Å². The van der Waals surface area contributed by atoms with Crippen LogP contribution in [-0.2, 0) is 6.42 Å². The van der Waals surface area contributed by atoms with Crippen molar-refractivity contribution in [2.24, 2.45) is 0 Å². The van der Waals surface area contributed by atoms with Gasteiger partial charge in [-0.25, -0.2) is 8.78 Å². The van der Waals surface area contributed by atoms with E-state index in [9.17, 15) is 13.6 Å². The van der Waals surface area contributed by atoms with Gasteiger partial charge < -0.3 is 4.74 Å². The van der Waals surface area contributed by atoms with Gasteiger partial charge in [0.05, 0.1) is 12.7 Å². The van der Waals surface area contributed by atoms with E-state index < -0.39 is 17.4 Å². The molecule has 0 unspecified atom stereocenters. The number of benzene rings is 2. The molecule has 0 saturated heterocycles. The first-order valence-corrected chi connectivity index (χ1v) is 6.21. The Morgan fingerprint density at radius 1 is 1.20 bits per heavy atom. The predicted molar refractivity (Wildman–Crippen MR) is 72.4 cm³/mol. The number of methoxy groups -OCH3 is 1. The van der Waals surface area contributed by atoms with E-state index in [1.807, 2.05) is 0 Å². The quantitative estimate of drug-likeness (QED) is 0.796. The maximum Gasteiger partial charge on any atom is 0.175 e. The topological polar surface area (TPSA) is 26.3 Å². The van der Waals surface area contributed by atoms with Crippen molar-refractivity contribution in [3.8, 4) is 5.75 Å². The Morgan fingerprint density at radius 2 is 1.90 bits per heavy atom. The van der Waals surface area contributed by atoms with Crippen LogP contribution in [0.2, 0.25) is 5.02 Å². The summed E-state index contributed by atoms with van der Waals surface area (Å²) in [6.45, 7) is 0. The number of rotatable bonds is 4. The largest absolute Gasteiger partial charge is 0.494 e. The minimum atomic E-state index is -0.757. The first kappa shape index (κ1) is 14.5. The van der Waals surface area contributed by atoms with Crippen molar-refractivity contribution in [1.82, 2.24) is 0 Å². The van der Waals surface area contributed by atoms with Crippen LogP contribution in [0, 0.1) is 11.6 Å². The van der Waals surface area contributed by atoms with Gasteiger partial charge in [-0.15, -0.1) is 0 Å². The number of ketones is 1. The van der Waals surface area contributed by atoms with Crippen molar-refractivity contribution < 1.29 is 18.3 Å². The van der Waals surface area contributed by atoms with Gasteiger partial charge in [0, 0.05) is 17.0 Å². The first-order valence-electron chi connectivity index (χ1n) is 5.83. The van der Waals surface area contributed by atoms with Gasteiger partial charge in [-0.1, -0.05) is 23.7 Å². The zero-order valence-electron chi connectivity index (χ0n) is 10.6. The van der Waals surface area contributed by atoms with Crippen LogP contribution in [0.5, 0.6) is 5.75 Å². The Bertz CT molecular complexity index is 636. The summed E-state index contributed by atoms with van der Waals surface area (Å²) in [5.41, 5.74) is -0.0925. The summed E-state index contributed by atoms with van der Waals surface area (Å²) >= 11 is 5.85. The van der Waals surface area contributed by atoms with Gasteiger partial charge in [-0.2, -0.15) is 0 Å². The molecule has 5 heteroatoms. The van der Waals surface area contributed by atoms with E-state index in [-0.39, 0.29) is 28.3 Å². The molecular weight excluding hydrogens is 286 g/mol. The summed E-state index contributed by atoms with van der Waals surface area (Å²) in [5.74, 6) is -1.94. The summed E-state index contributed by atoms with van der Waals surface area (Å²) in [5, 5.41) is 0.140. The van der Waals surface area contributed by atoms with Gasteiger partial charge in [0.1, 0.15) is 5.82 Å². The molecular formula is C15H11ClF2O2. The number of carbonyl (C=O) groups is 1. The fourth-order valence-electron chi connectivity index (χ4n) is 1.84. The monoisotopic (exact) mass is 296 g/mol. The third-order valence-electron chi connectivity index (χ3n) is 2.88. The third kappa shape index (κ3) is 2.80.